The number of nitrogens with zero attached hydrogens (tertiary/aromatic N) is 1. The number of rotatable bonds is 2. The van der Waals surface area contributed by atoms with Crippen molar-refractivity contribution in [2.75, 3.05) is 0 Å². The molecule has 2 saturated carbocycles. The third-order valence-corrected chi connectivity index (χ3v) is 5.06. The van der Waals surface area contributed by atoms with E-state index in [1.54, 1.807) is 11.3 Å². The molecule has 2 fully saturated rings. The molecule has 0 saturated heterocycles. The summed E-state index contributed by atoms with van der Waals surface area (Å²) in [5, 5.41) is 1.25. The van der Waals surface area contributed by atoms with Crippen molar-refractivity contribution in [3.05, 3.63) is 15.0 Å². The van der Waals surface area contributed by atoms with E-state index >= 15 is 0 Å². The first kappa shape index (κ1) is 8.38. The van der Waals surface area contributed by atoms with E-state index in [1.165, 1.54) is 30.7 Å². The molecular formula is C9H11BrN2S. The van der Waals surface area contributed by atoms with Crippen LogP contribution in [-0.2, 0) is 5.41 Å². The molecule has 1 aromatic rings. The molecular weight excluding hydrogens is 248 g/mol. The molecule has 2 aliphatic rings. The minimum atomic E-state index is 0.101. The summed E-state index contributed by atoms with van der Waals surface area (Å²) in [5.74, 6) is 0. The Bertz CT molecular complexity index is 352. The summed E-state index contributed by atoms with van der Waals surface area (Å²) in [7, 11) is 0. The van der Waals surface area contributed by atoms with Gasteiger partial charge in [0, 0.05) is 11.0 Å². The summed E-state index contributed by atoms with van der Waals surface area (Å²) >= 11 is 5.20. The van der Waals surface area contributed by atoms with Crippen LogP contribution in [0.15, 0.2) is 9.98 Å². The fourth-order valence-corrected chi connectivity index (χ4v) is 3.70. The van der Waals surface area contributed by atoms with E-state index in [9.17, 15) is 0 Å². The number of halogens is 1. The normalized spacial score (nSPS) is 27.2. The van der Waals surface area contributed by atoms with E-state index in [0.29, 0.717) is 0 Å². The SMILES string of the molecule is NC1(C2(c3ncc(Br)s3)CC2)CC1. The van der Waals surface area contributed by atoms with Crippen molar-refractivity contribution >= 4 is 27.3 Å². The van der Waals surface area contributed by atoms with E-state index in [4.69, 9.17) is 5.73 Å². The zero-order chi connectivity index (χ0) is 9.10. The molecule has 70 valence electrons. The fourth-order valence-electron chi connectivity index (χ4n) is 2.14. The molecule has 2 aliphatic carbocycles. The van der Waals surface area contributed by atoms with Gasteiger partial charge in [-0.3, -0.25) is 0 Å². The third-order valence-electron chi connectivity index (χ3n) is 3.38. The van der Waals surface area contributed by atoms with Gasteiger partial charge in [-0.1, -0.05) is 0 Å². The maximum atomic E-state index is 6.28. The Morgan fingerprint density at radius 3 is 2.46 bits per heavy atom. The van der Waals surface area contributed by atoms with Crippen LogP contribution in [0.5, 0.6) is 0 Å². The van der Waals surface area contributed by atoms with E-state index in [0.717, 1.165) is 3.79 Å². The van der Waals surface area contributed by atoms with Gasteiger partial charge in [-0.25, -0.2) is 4.98 Å². The molecule has 0 aliphatic heterocycles. The first-order chi connectivity index (χ1) is 6.16. The van der Waals surface area contributed by atoms with Gasteiger partial charge in [-0.2, -0.15) is 0 Å². The van der Waals surface area contributed by atoms with Crippen molar-refractivity contribution in [2.45, 2.75) is 36.6 Å². The second-order valence-electron chi connectivity index (χ2n) is 4.21. The zero-order valence-electron chi connectivity index (χ0n) is 7.22. The Hall–Kier alpha value is 0.0700. The highest BCUT2D eigenvalue weighted by Gasteiger charge is 2.65. The minimum Gasteiger partial charge on any atom is -0.324 e. The lowest BCUT2D eigenvalue weighted by atomic mass is 9.95. The first-order valence-electron chi connectivity index (χ1n) is 4.57. The highest BCUT2D eigenvalue weighted by Crippen LogP contribution is 2.64. The molecule has 1 heterocycles. The molecule has 2 N–H and O–H groups in total. The molecule has 0 spiro atoms. The smallest absolute Gasteiger partial charge is 0.102 e. The van der Waals surface area contributed by atoms with Crippen LogP contribution in [0.2, 0.25) is 0 Å². The van der Waals surface area contributed by atoms with Crippen molar-refractivity contribution in [1.82, 2.24) is 4.98 Å². The maximum Gasteiger partial charge on any atom is 0.102 e. The molecule has 13 heavy (non-hydrogen) atoms. The van der Waals surface area contributed by atoms with Crippen molar-refractivity contribution in [3.63, 3.8) is 0 Å². The first-order valence-corrected chi connectivity index (χ1v) is 6.18. The van der Waals surface area contributed by atoms with Gasteiger partial charge in [0.1, 0.15) is 5.01 Å². The van der Waals surface area contributed by atoms with Crippen LogP contribution in [0.1, 0.15) is 30.7 Å². The Balaban J connectivity index is 2.00. The average molecular weight is 259 g/mol. The van der Waals surface area contributed by atoms with Gasteiger partial charge in [0.2, 0.25) is 0 Å². The van der Waals surface area contributed by atoms with Crippen molar-refractivity contribution < 1.29 is 0 Å². The van der Waals surface area contributed by atoms with Gasteiger partial charge in [0.25, 0.3) is 0 Å². The summed E-state index contributed by atoms with van der Waals surface area (Å²) in [6.45, 7) is 0. The summed E-state index contributed by atoms with van der Waals surface area (Å²) in [5.41, 5.74) is 6.65. The lowest BCUT2D eigenvalue weighted by Crippen LogP contribution is -2.37. The summed E-state index contributed by atoms with van der Waals surface area (Å²) < 4.78 is 1.12. The van der Waals surface area contributed by atoms with Crippen molar-refractivity contribution in [1.29, 1.82) is 0 Å². The van der Waals surface area contributed by atoms with Crippen LogP contribution < -0.4 is 5.73 Å². The monoisotopic (exact) mass is 258 g/mol. The van der Waals surface area contributed by atoms with Crippen LogP contribution in [0.4, 0.5) is 0 Å². The average Bonchev–Trinajstić information content (AvgIpc) is 2.97. The summed E-state index contributed by atoms with van der Waals surface area (Å²) in [6, 6.07) is 0. The molecule has 0 atom stereocenters. The number of thiazole rings is 1. The van der Waals surface area contributed by atoms with Gasteiger partial charge in [-0.15, -0.1) is 11.3 Å². The zero-order valence-corrected chi connectivity index (χ0v) is 9.62. The highest BCUT2D eigenvalue weighted by molar-refractivity contribution is 9.11. The third kappa shape index (κ3) is 1.05. The standard InChI is InChI=1S/C9H11BrN2S/c10-6-5-12-7(13-6)8(1-2-8)9(11)3-4-9/h5H,1-4,11H2. The van der Waals surface area contributed by atoms with Crippen molar-refractivity contribution in [2.24, 2.45) is 5.73 Å². The summed E-state index contributed by atoms with van der Waals surface area (Å²) in [6.07, 6.45) is 6.74. The molecule has 0 amide bonds. The Labute approximate surface area is 89.7 Å². The number of aromatic nitrogens is 1. The van der Waals surface area contributed by atoms with Crippen molar-refractivity contribution in [3.8, 4) is 0 Å². The quantitative estimate of drug-likeness (QED) is 0.885. The van der Waals surface area contributed by atoms with Crippen LogP contribution in [0, 0.1) is 0 Å². The molecule has 0 aromatic carbocycles. The molecule has 3 rings (SSSR count). The van der Waals surface area contributed by atoms with Gasteiger partial charge in [-0.05, 0) is 41.6 Å². The lowest BCUT2D eigenvalue weighted by molar-refractivity contribution is 0.501. The number of nitrogens with two attached hydrogens (primary N) is 1. The van der Waals surface area contributed by atoms with E-state index in [-0.39, 0.29) is 11.0 Å². The van der Waals surface area contributed by atoms with E-state index in [2.05, 4.69) is 20.9 Å². The molecule has 0 bridgehead atoms. The topological polar surface area (TPSA) is 38.9 Å². The Morgan fingerprint density at radius 1 is 1.38 bits per heavy atom. The maximum absolute atomic E-state index is 6.28. The van der Waals surface area contributed by atoms with Gasteiger partial charge in [0.05, 0.1) is 9.98 Å². The molecule has 1 aromatic heterocycles. The fraction of sp³-hybridized carbons (Fsp3) is 0.667. The largest absolute Gasteiger partial charge is 0.324 e. The Kier molecular flexibility index (Phi) is 1.52. The van der Waals surface area contributed by atoms with Crippen LogP contribution in [0.3, 0.4) is 0 Å². The number of hydrogen-bond donors (Lipinski definition) is 1. The van der Waals surface area contributed by atoms with Gasteiger partial charge < -0.3 is 5.73 Å². The predicted octanol–water partition coefficient (Wildman–Crippen LogP) is 2.43. The highest BCUT2D eigenvalue weighted by atomic mass is 79.9. The molecule has 0 unspecified atom stereocenters. The van der Waals surface area contributed by atoms with Crippen LogP contribution >= 0.6 is 27.3 Å². The lowest BCUT2D eigenvalue weighted by Gasteiger charge is -2.19. The van der Waals surface area contributed by atoms with Crippen LogP contribution in [-0.4, -0.2) is 10.5 Å². The van der Waals surface area contributed by atoms with E-state index in [1.807, 2.05) is 6.20 Å². The van der Waals surface area contributed by atoms with Gasteiger partial charge >= 0.3 is 0 Å². The second kappa shape index (κ2) is 2.35. The minimum absolute atomic E-state index is 0.101. The Morgan fingerprint density at radius 2 is 2.08 bits per heavy atom. The van der Waals surface area contributed by atoms with E-state index < -0.39 is 0 Å². The second-order valence-corrected chi connectivity index (χ2v) is 6.62. The molecule has 2 nitrogen and oxygen atoms in total. The molecule has 0 radical (unpaired) electrons. The summed E-state index contributed by atoms with van der Waals surface area (Å²) in [4.78, 5) is 4.45. The number of hydrogen-bond acceptors (Lipinski definition) is 3. The van der Waals surface area contributed by atoms with Gasteiger partial charge in [0.15, 0.2) is 0 Å². The molecule has 4 heteroatoms. The van der Waals surface area contributed by atoms with Crippen LogP contribution in [0.25, 0.3) is 0 Å². The predicted molar refractivity (Wildman–Crippen MR) is 56.9 cm³/mol.